The first-order chi connectivity index (χ1) is 15.0. The molecule has 0 radical (unpaired) electrons. The molecule has 4 rings (SSSR count). The lowest BCUT2D eigenvalue weighted by atomic mass is 9.94. The molecule has 0 saturated carbocycles. The maximum atomic E-state index is 13.1. The number of amides is 2. The maximum absolute atomic E-state index is 13.1. The van der Waals surface area contributed by atoms with Crippen molar-refractivity contribution in [2.75, 3.05) is 33.7 Å². The molecular weight excluding hydrogens is 406 g/mol. The average Bonchev–Trinajstić information content (AvgIpc) is 3.32. The van der Waals surface area contributed by atoms with E-state index in [1.54, 1.807) is 11.3 Å². The third-order valence-electron chi connectivity index (χ3n) is 6.19. The van der Waals surface area contributed by atoms with Gasteiger partial charge in [-0.25, -0.2) is 0 Å². The van der Waals surface area contributed by atoms with Crippen LogP contribution in [0.3, 0.4) is 0 Å². The SMILES string of the molecule is CN(C)[C@H](CNC(=O)C1CCN(C(=O)c2cccc3ccccc23)CC1)c1ccsc1. The smallest absolute Gasteiger partial charge is 0.254 e. The van der Waals surface area contributed by atoms with Crippen molar-refractivity contribution >= 4 is 33.9 Å². The van der Waals surface area contributed by atoms with Crippen molar-refractivity contribution in [3.8, 4) is 0 Å². The van der Waals surface area contributed by atoms with Gasteiger partial charge in [-0.15, -0.1) is 0 Å². The van der Waals surface area contributed by atoms with Gasteiger partial charge in [0.15, 0.2) is 0 Å². The third kappa shape index (κ3) is 4.81. The van der Waals surface area contributed by atoms with Gasteiger partial charge in [0.05, 0.1) is 6.04 Å². The maximum Gasteiger partial charge on any atom is 0.254 e. The normalized spacial score (nSPS) is 15.9. The molecule has 3 aromatic rings. The van der Waals surface area contributed by atoms with Crippen LogP contribution < -0.4 is 5.32 Å². The van der Waals surface area contributed by atoms with Crippen molar-refractivity contribution in [1.29, 1.82) is 0 Å². The summed E-state index contributed by atoms with van der Waals surface area (Å²) in [5, 5.41) is 9.40. The second-order valence-electron chi connectivity index (χ2n) is 8.37. The van der Waals surface area contributed by atoms with E-state index < -0.39 is 0 Å². The molecule has 0 aliphatic carbocycles. The number of thiophene rings is 1. The highest BCUT2D eigenvalue weighted by Gasteiger charge is 2.29. The van der Waals surface area contributed by atoms with Crippen LogP contribution in [-0.2, 0) is 4.79 Å². The van der Waals surface area contributed by atoms with Gasteiger partial charge >= 0.3 is 0 Å². The molecule has 162 valence electrons. The number of hydrogen-bond donors (Lipinski definition) is 1. The molecule has 2 amide bonds. The number of piperidine rings is 1. The van der Waals surface area contributed by atoms with E-state index in [0.29, 0.717) is 32.5 Å². The third-order valence-corrected chi connectivity index (χ3v) is 6.90. The van der Waals surface area contributed by atoms with Crippen LogP contribution in [0.4, 0.5) is 0 Å². The number of benzene rings is 2. The molecule has 1 N–H and O–H groups in total. The number of nitrogens with one attached hydrogen (secondary N) is 1. The number of hydrogen-bond acceptors (Lipinski definition) is 4. The molecule has 1 atom stereocenters. The Balaban J connectivity index is 1.34. The highest BCUT2D eigenvalue weighted by Crippen LogP contribution is 2.24. The summed E-state index contributed by atoms with van der Waals surface area (Å²) < 4.78 is 0. The second kappa shape index (κ2) is 9.62. The van der Waals surface area contributed by atoms with Crippen LogP contribution in [0.2, 0.25) is 0 Å². The van der Waals surface area contributed by atoms with Gasteiger partial charge in [-0.2, -0.15) is 11.3 Å². The van der Waals surface area contributed by atoms with Gasteiger partial charge in [-0.05, 0) is 66.2 Å². The van der Waals surface area contributed by atoms with Gasteiger partial charge in [0.25, 0.3) is 5.91 Å². The summed E-state index contributed by atoms with van der Waals surface area (Å²) in [6.45, 7) is 1.82. The van der Waals surface area contributed by atoms with E-state index in [1.165, 1.54) is 5.56 Å². The predicted molar refractivity (Wildman–Crippen MR) is 126 cm³/mol. The first-order valence-electron chi connectivity index (χ1n) is 10.8. The van der Waals surface area contributed by atoms with E-state index in [4.69, 9.17) is 0 Å². The Kier molecular flexibility index (Phi) is 6.68. The minimum absolute atomic E-state index is 0.0399. The Morgan fingerprint density at radius 2 is 1.84 bits per heavy atom. The van der Waals surface area contributed by atoms with Crippen LogP contribution in [0.25, 0.3) is 10.8 Å². The van der Waals surface area contributed by atoms with Crippen LogP contribution in [0, 0.1) is 5.92 Å². The van der Waals surface area contributed by atoms with Gasteiger partial charge in [0.1, 0.15) is 0 Å². The Hall–Kier alpha value is -2.70. The molecule has 1 aliphatic rings. The van der Waals surface area contributed by atoms with E-state index in [9.17, 15) is 9.59 Å². The summed E-state index contributed by atoms with van der Waals surface area (Å²) >= 11 is 1.67. The predicted octanol–water partition coefficient (Wildman–Crippen LogP) is 4.17. The second-order valence-corrected chi connectivity index (χ2v) is 9.15. The van der Waals surface area contributed by atoms with Crippen LogP contribution >= 0.6 is 11.3 Å². The van der Waals surface area contributed by atoms with Crippen molar-refractivity contribution in [2.24, 2.45) is 5.92 Å². The first kappa shape index (κ1) is 21.5. The van der Waals surface area contributed by atoms with Crippen molar-refractivity contribution in [3.05, 3.63) is 70.4 Å². The highest BCUT2D eigenvalue weighted by molar-refractivity contribution is 7.08. The molecule has 6 heteroatoms. The summed E-state index contributed by atoms with van der Waals surface area (Å²) in [4.78, 5) is 29.9. The van der Waals surface area contributed by atoms with Gasteiger partial charge in [-0.3, -0.25) is 9.59 Å². The number of carbonyl (C=O) groups is 2. The van der Waals surface area contributed by atoms with E-state index in [-0.39, 0.29) is 23.8 Å². The number of likely N-dealkylation sites (tertiary alicyclic amines) is 1. The fourth-order valence-electron chi connectivity index (χ4n) is 4.33. The van der Waals surface area contributed by atoms with Gasteiger partial charge in [-0.1, -0.05) is 36.4 Å². The van der Waals surface area contributed by atoms with Crippen LogP contribution in [0.5, 0.6) is 0 Å². The number of carbonyl (C=O) groups excluding carboxylic acids is 2. The molecule has 0 bridgehead atoms. The molecule has 1 aromatic heterocycles. The summed E-state index contributed by atoms with van der Waals surface area (Å²) in [5.74, 6) is 0.113. The molecule has 5 nitrogen and oxygen atoms in total. The first-order valence-corrected chi connectivity index (χ1v) is 11.7. The largest absolute Gasteiger partial charge is 0.354 e. The lowest BCUT2D eigenvalue weighted by molar-refractivity contribution is -0.126. The van der Waals surface area contributed by atoms with E-state index in [1.807, 2.05) is 61.5 Å². The van der Waals surface area contributed by atoms with Crippen LogP contribution in [-0.4, -0.2) is 55.3 Å². The fourth-order valence-corrected chi connectivity index (χ4v) is 5.04. The molecule has 2 heterocycles. The van der Waals surface area contributed by atoms with E-state index >= 15 is 0 Å². The molecule has 1 fully saturated rings. The fraction of sp³-hybridized carbons (Fsp3) is 0.360. The summed E-state index contributed by atoms with van der Waals surface area (Å²) in [5.41, 5.74) is 1.97. The standard InChI is InChI=1S/C25H29N3O2S/c1-27(2)23(20-12-15-31-17-20)16-26-24(29)19-10-13-28(14-11-19)25(30)22-9-5-7-18-6-3-4-8-21(18)22/h3-9,12,15,17,19,23H,10-11,13-14,16H2,1-2H3,(H,26,29)/t23-/m1/s1. The summed E-state index contributed by atoms with van der Waals surface area (Å²) in [6.07, 6.45) is 1.40. The highest BCUT2D eigenvalue weighted by atomic mass is 32.1. The van der Waals surface area contributed by atoms with Gasteiger partial charge in [0.2, 0.25) is 5.91 Å². The number of likely N-dealkylation sites (N-methyl/N-ethyl adjacent to an activating group) is 1. The molecule has 2 aromatic carbocycles. The minimum Gasteiger partial charge on any atom is -0.354 e. The van der Waals surface area contributed by atoms with Crippen LogP contribution in [0.15, 0.2) is 59.3 Å². The topological polar surface area (TPSA) is 52.7 Å². The number of fused-ring (bicyclic) bond motifs is 1. The summed E-state index contributed by atoms with van der Waals surface area (Å²) in [7, 11) is 4.07. The van der Waals surface area contributed by atoms with Crippen molar-refractivity contribution < 1.29 is 9.59 Å². The zero-order valence-electron chi connectivity index (χ0n) is 18.1. The lowest BCUT2D eigenvalue weighted by Crippen LogP contribution is -2.44. The zero-order chi connectivity index (χ0) is 21.8. The Bertz CT molecular complexity index is 1030. The quantitative estimate of drug-likeness (QED) is 0.632. The lowest BCUT2D eigenvalue weighted by Gasteiger charge is -2.32. The monoisotopic (exact) mass is 435 g/mol. The van der Waals surface area contributed by atoms with E-state index in [2.05, 4.69) is 27.0 Å². The number of nitrogens with zero attached hydrogens (tertiary/aromatic N) is 2. The number of rotatable bonds is 6. The molecule has 0 unspecified atom stereocenters. The molecule has 1 saturated heterocycles. The van der Waals surface area contributed by atoms with Gasteiger partial charge < -0.3 is 15.1 Å². The average molecular weight is 436 g/mol. The zero-order valence-corrected chi connectivity index (χ0v) is 18.9. The summed E-state index contributed by atoms with van der Waals surface area (Å²) in [6, 6.07) is 16.1. The molecule has 0 spiro atoms. The molecule has 1 aliphatic heterocycles. The molecular formula is C25H29N3O2S. The van der Waals surface area contributed by atoms with Crippen molar-refractivity contribution in [3.63, 3.8) is 0 Å². The van der Waals surface area contributed by atoms with Crippen molar-refractivity contribution in [2.45, 2.75) is 18.9 Å². The van der Waals surface area contributed by atoms with Crippen LogP contribution in [0.1, 0.15) is 34.8 Å². The Morgan fingerprint density at radius 1 is 1.10 bits per heavy atom. The van der Waals surface area contributed by atoms with E-state index in [0.717, 1.165) is 16.3 Å². The Morgan fingerprint density at radius 3 is 2.55 bits per heavy atom. The Labute approximate surface area is 187 Å². The minimum atomic E-state index is -0.0399. The van der Waals surface area contributed by atoms with Crippen molar-refractivity contribution in [1.82, 2.24) is 15.1 Å². The molecule has 31 heavy (non-hydrogen) atoms. The van der Waals surface area contributed by atoms with Gasteiger partial charge in [0, 0.05) is 31.1 Å².